The van der Waals surface area contributed by atoms with Crippen molar-refractivity contribution >= 4 is 11.8 Å². The molecule has 0 bridgehead atoms. The Balaban J connectivity index is 2.52. The minimum atomic E-state index is 0.801. The van der Waals surface area contributed by atoms with Gasteiger partial charge in [-0.15, -0.1) is 0 Å². The average molecular weight is 242 g/mol. The van der Waals surface area contributed by atoms with E-state index in [2.05, 4.69) is 29.6 Å². The van der Waals surface area contributed by atoms with Crippen molar-refractivity contribution in [3.8, 4) is 0 Å². The van der Waals surface area contributed by atoms with Gasteiger partial charge in [0.2, 0.25) is 0 Å². The molecule has 0 saturated carbocycles. The smallest absolute Gasteiger partial charge is 0.118 e. The molecule has 92 valence electrons. The molecule has 0 atom stereocenters. The standard InChI is InChI=1S/C12H22N2OS/c1-10-11(7-12(15-10)8-13-2)9-14(3)5-6-16-4/h7,13H,5-6,8-9H2,1-4H3. The zero-order valence-corrected chi connectivity index (χ0v) is 11.5. The molecule has 0 aromatic carbocycles. The van der Waals surface area contributed by atoms with Gasteiger partial charge in [-0.3, -0.25) is 0 Å². The molecule has 0 aliphatic carbocycles. The number of nitrogens with one attached hydrogen (secondary N) is 1. The predicted molar refractivity (Wildman–Crippen MR) is 70.9 cm³/mol. The van der Waals surface area contributed by atoms with Crippen molar-refractivity contribution in [3.05, 3.63) is 23.2 Å². The van der Waals surface area contributed by atoms with E-state index in [0.717, 1.165) is 31.2 Å². The van der Waals surface area contributed by atoms with Crippen LogP contribution in [0.4, 0.5) is 0 Å². The van der Waals surface area contributed by atoms with Crippen LogP contribution in [0.5, 0.6) is 0 Å². The molecule has 0 fully saturated rings. The van der Waals surface area contributed by atoms with Gasteiger partial charge in [0.25, 0.3) is 0 Å². The summed E-state index contributed by atoms with van der Waals surface area (Å²) in [6.07, 6.45) is 2.14. The van der Waals surface area contributed by atoms with Crippen LogP contribution in [0.25, 0.3) is 0 Å². The van der Waals surface area contributed by atoms with Gasteiger partial charge in [-0.05, 0) is 33.3 Å². The zero-order valence-electron chi connectivity index (χ0n) is 10.7. The molecule has 1 rings (SSSR count). The Kier molecular flexibility index (Phi) is 5.95. The van der Waals surface area contributed by atoms with Crippen LogP contribution < -0.4 is 5.32 Å². The van der Waals surface area contributed by atoms with Crippen LogP contribution in [0.2, 0.25) is 0 Å². The monoisotopic (exact) mass is 242 g/mol. The molecule has 1 N–H and O–H groups in total. The molecular formula is C12H22N2OS. The fourth-order valence-corrected chi connectivity index (χ4v) is 2.12. The van der Waals surface area contributed by atoms with E-state index in [9.17, 15) is 0 Å². The molecule has 0 saturated heterocycles. The highest BCUT2D eigenvalue weighted by Crippen LogP contribution is 2.16. The summed E-state index contributed by atoms with van der Waals surface area (Å²) in [6, 6.07) is 2.15. The molecule has 0 radical (unpaired) electrons. The molecule has 1 aromatic heterocycles. The van der Waals surface area contributed by atoms with Crippen molar-refractivity contribution in [1.29, 1.82) is 0 Å². The maximum atomic E-state index is 5.67. The molecule has 0 spiro atoms. The third-order valence-corrected chi connectivity index (χ3v) is 3.13. The highest BCUT2D eigenvalue weighted by Gasteiger charge is 2.08. The summed E-state index contributed by atoms with van der Waals surface area (Å²) in [5.41, 5.74) is 1.30. The lowest BCUT2D eigenvalue weighted by atomic mass is 10.2. The van der Waals surface area contributed by atoms with Crippen LogP contribution in [-0.4, -0.2) is 37.5 Å². The first-order chi connectivity index (χ1) is 7.67. The maximum absolute atomic E-state index is 5.67. The molecule has 1 aromatic rings. The fraction of sp³-hybridized carbons (Fsp3) is 0.667. The maximum Gasteiger partial charge on any atom is 0.118 e. The second-order valence-electron chi connectivity index (χ2n) is 4.06. The molecule has 0 aliphatic heterocycles. The normalized spacial score (nSPS) is 11.3. The van der Waals surface area contributed by atoms with E-state index in [0.29, 0.717) is 0 Å². The van der Waals surface area contributed by atoms with E-state index >= 15 is 0 Å². The van der Waals surface area contributed by atoms with E-state index in [1.54, 1.807) is 0 Å². The molecule has 3 nitrogen and oxygen atoms in total. The van der Waals surface area contributed by atoms with Crippen LogP contribution in [0.15, 0.2) is 10.5 Å². The summed E-state index contributed by atoms with van der Waals surface area (Å²) in [4.78, 5) is 2.33. The van der Waals surface area contributed by atoms with Gasteiger partial charge in [0, 0.05) is 24.4 Å². The quantitative estimate of drug-likeness (QED) is 0.792. The van der Waals surface area contributed by atoms with Gasteiger partial charge in [-0.1, -0.05) is 0 Å². The Hall–Kier alpha value is -0.450. The first kappa shape index (κ1) is 13.6. The van der Waals surface area contributed by atoms with Crippen molar-refractivity contribution in [3.63, 3.8) is 0 Å². The number of rotatable bonds is 7. The van der Waals surface area contributed by atoms with Gasteiger partial charge >= 0.3 is 0 Å². The van der Waals surface area contributed by atoms with Gasteiger partial charge < -0.3 is 14.6 Å². The van der Waals surface area contributed by atoms with Gasteiger partial charge in [-0.25, -0.2) is 0 Å². The topological polar surface area (TPSA) is 28.4 Å². The zero-order chi connectivity index (χ0) is 12.0. The van der Waals surface area contributed by atoms with Crippen molar-refractivity contribution in [2.24, 2.45) is 0 Å². The average Bonchev–Trinajstić information content (AvgIpc) is 2.57. The van der Waals surface area contributed by atoms with Gasteiger partial charge in [0.1, 0.15) is 11.5 Å². The predicted octanol–water partition coefficient (Wildman–Crippen LogP) is 2.10. The SMILES string of the molecule is CNCc1cc(CN(C)CCSC)c(C)o1. The van der Waals surface area contributed by atoms with Crippen LogP contribution in [0.1, 0.15) is 17.1 Å². The van der Waals surface area contributed by atoms with Crippen molar-refractivity contribution < 1.29 is 4.42 Å². The number of nitrogens with zero attached hydrogens (tertiary/aromatic N) is 1. The number of aryl methyl sites for hydroxylation is 1. The van der Waals surface area contributed by atoms with E-state index in [1.807, 2.05) is 25.7 Å². The van der Waals surface area contributed by atoms with Crippen LogP contribution in [-0.2, 0) is 13.1 Å². The summed E-state index contributed by atoms with van der Waals surface area (Å²) in [5.74, 6) is 3.24. The third kappa shape index (κ3) is 4.20. The number of thioether (sulfide) groups is 1. The van der Waals surface area contributed by atoms with Crippen LogP contribution >= 0.6 is 11.8 Å². The van der Waals surface area contributed by atoms with Crippen LogP contribution in [0.3, 0.4) is 0 Å². The number of hydrogen-bond acceptors (Lipinski definition) is 4. The first-order valence-corrected chi connectivity index (χ1v) is 6.97. The second-order valence-corrected chi connectivity index (χ2v) is 5.04. The summed E-state index contributed by atoms with van der Waals surface area (Å²) >= 11 is 1.88. The largest absolute Gasteiger partial charge is 0.465 e. The highest BCUT2D eigenvalue weighted by atomic mass is 32.2. The lowest BCUT2D eigenvalue weighted by Gasteiger charge is -2.14. The van der Waals surface area contributed by atoms with Crippen molar-refractivity contribution in [1.82, 2.24) is 10.2 Å². The molecule has 16 heavy (non-hydrogen) atoms. The summed E-state index contributed by atoms with van der Waals surface area (Å²) in [6.45, 7) is 4.93. The minimum Gasteiger partial charge on any atom is -0.465 e. The van der Waals surface area contributed by atoms with Gasteiger partial charge in [-0.2, -0.15) is 11.8 Å². The minimum absolute atomic E-state index is 0.801. The molecule has 0 unspecified atom stereocenters. The summed E-state index contributed by atoms with van der Waals surface area (Å²) in [5, 5.41) is 3.10. The Morgan fingerprint density at radius 3 is 2.88 bits per heavy atom. The van der Waals surface area contributed by atoms with Crippen molar-refractivity contribution in [2.75, 3.05) is 32.6 Å². The lowest BCUT2D eigenvalue weighted by Crippen LogP contribution is -2.20. The number of hydrogen-bond donors (Lipinski definition) is 1. The molecule has 1 heterocycles. The Bertz CT molecular complexity index is 312. The van der Waals surface area contributed by atoms with Gasteiger partial charge in [0.15, 0.2) is 0 Å². The Labute approximate surface area is 103 Å². The molecular weight excluding hydrogens is 220 g/mol. The van der Waals surface area contributed by atoms with Gasteiger partial charge in [0.05, 0.1) is 6.54 Å². The number of furan rings is 1. The molecule has 0 aliphatic rings. The van der Waals surface area contributed by atoms with E-state index in [4.69, 9.17) is 4.42 Å². The second kappa shape index (κ2) is 6.99. The van der Waals surface area contributed by atoms with Crippen molar-refractivity contribution in [2.45, 2.75) is 20.0 Å². The first-order valence-electron chi connectivity index (χ1n) is 5.57. The Morgan fingerprint density at radius 2 is 2.25 bits per heavy atom. The fourth-order valence-electron chi connectivity index (χ4n) is 1.62. The summed E-state index contributed by atoms with van der Waals surface area (Å²) in [7, 11) is 4.09. The molecule has 4 heteroatoms. The van der Waals surface area contributed by atoms with Crippen LogP contribution in [0, 0.1) is 6.92 Å². The highest BCUT2D eigenvalue weighted by molar-refractivity contribution is 7.98. The Morgan fingerprint density at radius 1 is 1.50 bits per heavy atom. The lowest BCUT2D eigenvalue weighted by molar-refractivity contribution is 0.345. The van der Waals surface area contributed by atoms with E-state index in [-0.39, 0.29) is 0 Å². The summed E-state index contributed by atoms with van der Waals surface area (Å²) < 4.78 is 5.67. The van der Waals surface area contributed by atoms with E-state index < -0.39 is 0 Å². The molecule has 0 amide bonds. The third-order valence-electron chi connectivity index (χ3n) is 2.54. The van der Waals surface area contributed by atoms with E-state index in [1.165, 1.54) is 11.3 Å².